The van der Waals surface area contributed by atoms with Gasteiger partial charge in [-0.15, -0.1) is 0 Å². The second-order valence-electron chi connectivity index (χ2n) is 3.84. The molecule has 1 aromatic rings. The summed E-state index contributed by atoms with van der Waals surface area (Å²) in [5.74, 6) is 0.612. The summed E-state index contributed by atoms with van der Waals surface area (Å²) in [7, 11) is 1.57. The first-order valence-electron chi connectivity index (χ1n) is 5.86. The van der Waals surface area contributed by atoms with Gasteiger partial charge in [0.2, 0.25) is 0 Å². The minimum atomic E-state index is -0.0363. The zero-order chi connectivity index (χ0) is 12.8. The Morgan fingerprint density at radius 1 is 1.41 bits per heavy atom. The first kappa shape index (κ1) is 13.4. The smallest absolute Gasteiger partial charge is 0.256 e. The molecule has 0 saturated heterocycles. The Hall–Kier alpha value is -1.71. The molecule has 0 heterocycles. The van der Waals surface area contributed by atoms with Crippen LogP contribution in [0.25, 0.3) is 0 Å². The molecule has 0 radical (unpaired) electrons. The molecule has 0 atom stereocenters. The highest BCUT2D eigenvalue weighted by molar-refractivity contribution is 5.99. The maximum atomic E-state index is 12.2. The molecular weight excluding hydrogens is 216 g/mol. The first-order valence-corrected chi connectivity index (χ1v) is 5.86. The molecule has 0 saturated carbocycles. The van der Waals surface area contributed by atoms with Crippen molar-refractivity contribution in [1.29, 1.82) is 0 Å². The Kier molecular flexibility index (Phi) is 4.82. The zero-order valence-electron chi connectivity index (χ0n) is 10.7. The highest BCUT2D eigenvalue weighted by atomic mass is 16.5. The average Bonchev–Trinajstić information content (AvgIpc) is 2.35. The Bertz CT molecular complexity index is 391. The third-order valence-electron chi connectivity index (χ3n) is 2.65. The van der Waals surface area contributed by atoms with Crippen molar-refractivity contribution in [2.75, 3.05) is 25.9 Å². The molecule has 1 rings (SSSR count). The molecule has 0 aliphatic rings. The van der Waals surface area contributed by atoms with Gasteiger partial charge >= 0.3 is 0 Å². The minimum Gasteiger partial charge on any atom is -0.497 e. The fraction of sp³-hybridized carbons (Fsp3) is 0.462. The number of hydrogen-bond acceptors (Lipinski definition) is 3. The van der Waals surface area contributed by atoms with Gasteiger partial charge in [0.1, 0.15) is 5.75 Å². The molecule has 94 valence electrons. The van der Waals surface area contributed by atoms with Crippen LogP contribution in [0.3, 0.4) is 0 Å². The largest absolute Gasteiger partial charge is 0.497 e. The van der Waals surface area contributed by atoms with E-state index >= 15 is 0 Å². The van der Waals surface area contributed by atoms with Crippen molar-refractivity contribution in [2.24, 2.45) is 0 Å². The molecule has 1 amide bonds. The maximum absolute atomic E-state index is 12.2. The van der Waals surface area contributed by atoms with Gasteiger partial charge in [0, 0.05) is 18.8 Å². The van der Waals surface area contributed by atoms with Crippen molar-refractivity contribution in [2.45, 2.75) is 20.3 Å². The van der Waals surface area contributed by atoms with Crippen LogP contribution in [0.2, 0.25) is 0 Å². The Labute approximate surface area is 102 Å². The predicted molar refractivity (Wildman–Crippen MR) is 69.3 cm³/mol. The number of ether oxygens (including phenoxy) is 1. The van der Waals surface area contributed by atoms with E-state index in [9.17, 15) is 4.79 Å². The van der Waals surface area contributed by atoms with E-state index in [0.717, 1.165) is 13.0 Å². The number of nitrogens with two attached hydrogens (primary N) is 1. The SMILES string of the molecule is CCCN(CC)C(=O)c1cc(OC)ccc1N. The predicted octanol–water partition coefficient (Wildman–Crippen LogP) is 2.15. The van der Waals surface area contributed by atoms with Gasteiger partial charge in [-0.1, -0.05) is 6.92 Å². The van der Waals surface area contributed by atoms with Crippen molar-refractivity contribution < 1.29 is 9.53 Å². The molecule has 2 N–H and O–H groups in total. The van der Waals surface area contributed by atoms with Crippen LogP contribution >= 0.6 is 0 Å². The number of benzene rings is 1. The summed E-state index contributed by atoms with van der Waals surface area (Å²) in [6.45, 7) is 5.43. The molecule has 0 bridgehead atoms. The molecule has 0 aliphatic heterocycles. The van der Waals surface area contributed by atoms with Crippen molar-refractivity contribution >= 4 is 11.6 Å². The molecule has 17 heavy (non-hydrogen) atoms. The third kappa shape index (κ3) is 3.12. The van der Waals surface area contributed by atoms with Gasteiger partial charge in [0.05, 0.1) is 12.7 Å². The van der Waals surface area contributed by atoms with Crippen LogP contribution in [-0.2, 0) is 0 Å². The first-order chi connectivity index (χ1) is 8.13. The molecule has 0 unspecified atom stereocenters. The Balaban J connectivity index is 3.01. The van der Waals surface area contributed by atoms with E-state index in [1.807, 2.05) is 13.8 Å². The second kappa shape index (κ2) is 6.13. The van der Waals surface area contributed by atoms with Crippen LogP contribution in [-0.4, -0.2) is 31.0 Å². The molecule has 0 spiro atoms. The lowest BCUT2D eigenvalue weighted by Gasteiger charge is -2.21. The van der Waals surface area contributed by atoms with Crippen LogP contribution in [0.15, 0.2) is 18.2 Å². The van der Waals surface area contributed by atoms with Gasteiger partial charge in [-0.2, -0.15) is 0 Å². The van der Waals surface area contributed by atoms with Gasteiger partial charge in [0.25, 0.3) is 5.91 Å². The van der Waals surface area contributed by atoms with Crippen LogP contribution in [0.4, 0.5) is 5.69 Å². The summed E-state index contributed by atoms with van der Waals surface area (Å²) in [6, 6.07) is 5.14. The number of carbonyl (C=O) groups is 1. The number of hydrogen-bond donors (Lipinski definition) is 1. The molecule has 0 aliphatic carbocycles. The third-order valence-corrected chi connectivity index (χ3v) is 2.65. The van der Waals surface area contributed by atoms with E-state index in [4.69, 9.17) is 10.5 Å². The molecule has 0 fully saturated rings. The second-order valence-corrected chi connectivity index (χ2v) is 3.84. The molecule has 4 heteroatoms. The van der Waals surface area contributed by atoms with E-state index in [1.54, 1.807) is 30.2 Å². The van der Waals surface area contributed by atoms with Crippen LogP contribution in [0, 0.1) is 0 Å². The normalized spacial score (nSPS) is 10.1. The van der Waals surface area contributed by atoms with Crippen molar-refractivity contribution in [3.8, 4) is 5.75 Å². The quantitative estimate of drug-likeness (QED) is 0.797. The van der Waals surface area contributed by atoms with Gasteiger partial charge < -0.3 is 15.4 Å². The van der Waals surface area contributed by atoms with Crippen LogP contribution in [0.1, 0.15) is 30.6 Å². The zero-order valence-corrected chi connectivity index (χ0v) is 10.7. The fourth-order valence-corrected chi connectivity index (χ4v) is 1.69. The van der Waals surface area contributed by atoms with E-state index < -0.39 is 0 Å². The van der Waals surface area contributed by atoms with Crippen LogP contribution < -0.4 is 10.5 Å². The Morgan fingerprint density at radius 3 is 2.65 bits per heavy atom. The number of rotatable bonds is 5. The molecule has 1 aromatic carbocycles. The van der Waals surface area contributed by atoms with Gasteiger partial charge in [-0.3, -0.25) is 4.79 Å². The highest BCUT2D eigenvalue weighted by Gasteiger charge is 2.16. The highest BCUT2D eigenvalue weighted by Crippen LogP contribution is 2.21. The summed E-state index contributed by atoms with van der Waals surface area (Å²) < 4.78 is 5.11. The lowest BCUT2D eigenvalue weighted by molar-refractivity contribution is 0.0765. The standard InChI is InChI=1S/C13H20N2O2/c1-4-8-15(5-2)13(16)11-9-10(17-3)6-7-12(11)14/h6-7,9H,4-5,8,14H2,1-3H3. The number of methoxy groups -OCH3 is 1. The summed E-state index contributed by atoms with van der Waals surface area (Å²) in [5, 5.41) is 0. The lowest BCUT2D eigenvalue weighted by Crippen LogP contribution is -2.32. The minimum absolute atomic E-state index is 0.0363. The number of amides is 1. The Morgan fingerprint density at radius 2 is 2.12 bits per heavy atom. The van der Waals surface area contributed by atoms with Gasteiger partial charge in [-0.05, 0) is 31.5 Å². The lowest BCUT2D eigenvalue weighted by atomic mass is 10.1. The average molecular weight is 236 g/mol. The van der Waals surface area contributed by atoms with Crippen molar-refractivity contribution in [1.82, 2.24) is 4.90 Å². The van der Waals surface area contributed by atoms with Crippen molar-refractivity contribution in [3.63, 3.8) is 0 Å². The molecule has 0 aromatic heterocycles. The van der Waals surface area contributed by atoms with E-state index in [-0.39, 0.29) is 5.91 Å². The van der Waals surface area contributed by atoms with E-state index in [0.29, 0.717) is 23.5 Å². The van der Waals surface area contributed by atoms with Crippen LogP contribution in [0.5, 0.6) is 5.75 Å². The number of anilines is 1. The fourth-order valence-electron chi connectivity index (χ4n) is 1.69. The monoisotopic (exact) mass is 236 g/mol. The summed E-state index contributed by atoms with van der Waals surface area (Å²) in [6.07, 6.45) is 0.934. The number of carbonyl (C=O) groups excluding carboxylic acids is 1. The summed E-state index contributed by atoms with van der Waals surface area (Å²) >= 11 is 0. The summed E-state index contributed by atoms with van der Waals surface area (Å²) in [4.78, 5) is 14.0. The number of nitrogen functional groups attached to an aromatic ring is 1. The van der Waals surface area contributed by atoms with Crippen molar-refractivity contribution in [3.05, 3.63) is 23.8 Å². The van der Waals surface area contributed by atoms with Gasteiger partial charge in [0.15, 0.2) is 0 Å². The van der Waals surface area contributed by atoms with E-state index in [2.05, 4.69) is 0 Å². The topological polar surface area (TPSA) is 55.6 Å². The summed E-state index contributed by atoms with van der Waals surface area (Å²) in [5.41, 5.74) is 6.84. The maximum Gasteiger partial charge on any atom is 0.256 e. The number of nitrogens with zero attached hydrogens (tertiary/aromatic N) is 1. The molecular formula is C13H20N2O2. The molecule has 4 nitrogen and oxygen atoms in total. The van der Waals surface area contributed by atoms with Gasteiger partial charge in [-0.25, -0.2) is 0 Å². The van der Waals surface area contributed by atoms with E-state index in [1.165, 1.54) is 0 Å².